The maximum atomic E-state index is 11.8. The molecule has 7 heteroatoms. The minimum Gasteiger partial charge on any atom is -0.368 e. The molecule has 0 fully saturated rings. The van der Waals surface area contributed by atoms with Crippen molar-refractivity contribution in [2.75, 3.05) is 0 Å². The van der Waals surface area contributed by atoms with Crippen LogP contribution in [-0.2, 0) is 11.3 Å². The zero-order valence-corrected chi connectivity index (χ0v) is 13.5. The van der Waals surface area contributed by atoms with Crippen LogP contribution in [0.1, 0.15) is 25.8 Å². The van der Waals surface area contributed by atoms with Crippen molar-refractivity contribution in [2.24, 2.45) is 11.7 Å². The van der Waals surface area contributed by atoms with Crippen LogP contribution in [0.3, 0.4) is 0 Å². The highest BCUT2D eigenvalue weighted by Crippen LogP contribution is 2.20. The van der Waals surface area contributed by atoms with Gasteiger partial charge in [0.15, 0.2) is 0 Å². The first-order valence-corrected chi connectivity index (χ1v) is 7.32. The lowest BCUT2D eigenvalue weighted by atomic mass is 10.0. The van der Waals surface area contributed by atoms with Gasteiger partial charge in [-0.25, -0.2) is 4.79 Å². The number of benzene rings is 1. The van der Waals surface area contributed by atoms with Crippen molar-refractivity contribution in [1.82, 2.24) is 10.6 Å². The molecule has 0 aliphatic rings. The molecular formula is C14H19Cl2N3O2. The molecule has 0 heterocycles. The molecule has 1 aromatic carbocycles. The second kappa shape index (κ2) is 8.10. The summed E-state index contributed by atoms with van der Waals surface area (Å²) in [7, 11) is 0. The molecule has 116 valence electrons. The molecule has 0 aliphatic carbocycles. The second-order valence-electron chi connectivity index (χ2n) is 5.15. The van der Waals surface area contributed by atoms with Crippen molar-refractivity contribution < 1.29 is 9.59 Å². The molecular weight excluding hydrogens is 313 g/mol. The average molecular weight is 332 g/mol. The molecule has 0 aliphatic heterocycles. The van der Waals surface area contributed by atoms with Gasteiger partial charge >= 0.3 is 6.03 Å². The number of hydrogen-bond acceptors (Lipinski definition) is 2. The molecule has 1 aromatic rings. The summed E-state index contributed by atoms with van der Waals surface area (Å²) in [6, 6.07) is 3.86. The van der Waals surface area contributed by atoms with E-state index in [9.17, 15) is 9.59 Å². The van der Waals surface area contributed by atoms with E-state index in [-0.39, 0.29) is 12.5 Å². The van der Waals surface area contributed by atoms with Gasteiger partial charge in [0, 0.05) is 16.6 Å². The topological polar surface area (TPSA) is 84.2 Å². The molecule has 0 bridgehead atoms. The zero-order valence-electron chi connectivity index (χ0n) is 12.0. The Hall–Kier alpha value is -1.46. The summed E-state index contributed by atoms with van der Waals surface area (Å²) in [5.41, 5.74) is 6.00. The fourth-order valence-corrected chi connectivity index (χ4v) is 2.24. The van der Waals surface area contributed by atoms with Gasteiger partial charge in [-0.05, 0) is 30.0 Å². The lowest BCUT2D eigenvalue weighted by molar-refractivity contribution is -0.120. The third kappa shape index (κ3) is 6.23. The number of amides is 3. The van der Waals surface area contributed by atoms with Gasteiger partial charge in [-0.2, -0.15) is 0 Å². The monoisotopic (exact) mass is 331 g/mol. The predicted molar refractivity (Wildman–Crippen MR) is 84.3 cm³/mol. The van der Waals surface area contributed by atoms with Crippen LogP contribution in [0.2, 0.25) is 10.0 Å². The lowest BCUT2D eigenvalue weighted by Gasteiger charge is -2.18. The van der Waals surface area contributed by atoms with Gasteiger partial charge in [0.1, 0.15) is 6.04 Å². The molecule has 1 rings (SSSR count). The number of primary amides is 1. The first-order chi connectivity index (χ1) is 9.79. The molecule has 1 unspecified atom stereocenters. The van der Waals surface area contributed by atoms with E-state index in [1.807, 2.05) is 13.8 Å². The van der Waals surface area contributed by atoms with Crippen molar-refractivity contribution in [1.29, 1.82) is 0 Å². The Morgan fingerprint density at radius 3 is 2.48 bits per heavy atom. The van der Waals surface area contributed by atoms with Gasteiger partial charge in [0.05, 0.1) is 0 Å². The van der Waals surface area contributed by atoms with Crippen molar-refractivity contribution in [2.45, 2.75) is 32.9 Å². The van der Waals surface area contributed by atoms with Crippen LogP contribution >= 0.6 is 23.2 Å². The van der Waals surface area contributed by atoms with Crippen LogP contribution < -0.4 is 16.4 Å². The normalized spacial score (nSPS) is 12.0. The summed E-state index contributed by atoms with van der Waals surface area (Å²) in [4.78, 5) is 23.1. The minimum atomic E-state index is -0.689. The largest absolute Gasteiger partial charge is 0.368 e. The molecule has 0 spiro atoms. The number of carbonyl (C=O) groups is 2. The Labute approximate surface area is 134 Å². The Morgan fingerprint density at radius 1 is 1.29 bits per heavy atom. The third-order valence-corrected chi connectivity index (χ3v) is 3.40. The van der Waals surface area contributed by atoms with E-state index < -0.39 is 18.0 Å². The van der Waals surface area contributed by atoms with E-state index in [0.29, 0.717) is 16.5 Å². The summed E-state index contributed by atoms with van der Waals surface area (Å²) in [6.45, 7) is 4.13. The number of rotatable bonds is 6. The van der Waals surface area contributed by atoms with Crippen LogP contribution in [0.4, 0.5) is 4.79 Å². The van der Waals surface area contributed by atoms with E-state index in [4.69, 9.17) is 28.9 Å². The Bertz CT molecular complexity index is 521. The number of carbonyl (C=O) groups excluding carboxylic acids is 2. The summed E-state index contributed by atoms with van der Waals surface area (Å²) in [6.07, 6.45) is 0.491. The summed E-state index contributed by atoms with van der Waals surface area (Å²) < 4.78 is 0. The summed E-state index contributed by atoms with van der Waals surface area (Å²) in [5.74, 6) is -0.308. The SMILES string of the molecule is CC(C)CC(NC(=O)NCc1ccc(Cl)cc1Cl)C(N)=O. The summed E-state index contributed by atoms with van der Waals surface area (Å²) in [5, 5.41) is 6.18. The fraction of sp³-hybridized carbons (Fsp3) is 0.429. The Morgan fingerprint density at radius 2 is 1.95 bits per heavy atom. The molecule has 5 nitrogen and oxygen atoms in total. The van der Waals surface area contributed by atoms with Crippen molar-refractivity contribution in [3.63, 3.8) is 0 Å². The van der Waals surface area contributed by atoms with E-state index in [0.717, 1.165) is 5.56 Å². The van der Waals surface area contributed by atoms with Gasteiger partial charge in [-0.1, -0.05) is 43.1 Å². The lowest BCUT2D eigenvalue weighted by Crippen LogP contribution is -2.48. The van der Waals surface area contributed by atoms with E-state index in [2.05, 4.69) is 10.6 Å². The first kappa shape index (κ1) is 17.6. The van der Waals surface area contributed by atoms with Gasteiger partial charge in [0.2, 0.25) is 5.91 Å². The van der Waals surface area contributed by atoms with Crippen molar-refractivity contribution in [3.8, 4) is 0 Å². The highest BCUT2D eigenvalue weighted by molar-refractivity contribution is 6.35. The zero-order chi connectivity index (χ0) is 16.0. The smallest absolute Gasteiger partial charge is 0.315 e. The van der Waals surface area contributed by atoms with Crippen molar-refractivity contribution in [3.05, 3.63) is 33.8 Å². The molecule has 21 heavy (non-hydrogen) atoms. The van der Waals surface area contributed by atoms with E-state index in [1.54, 1.807) is 18.2 Å². The number of urea groups is 1. The average Bonchev–Trinajstić information content (AvgIpc) is 2.36. The van der Waals surface area contributed by atoms with Gasteiger partial charge in [0.25, 0.3) is 0 Å². The standard InChI is InChI=1S/C14H19Cl2N3O2/c1-8(2)5-12(13(17)20)19-14(21)18-7-9-3-4-10(15)6-11(9)16/h3-4,6,8,12H,5,7H2,1-2H3,(H2,17,20)(H2,18,19,21). The molecule has 0 radical (unpaired) electrons. The van der Waals surface area contributed by atoms with Crippen LogP contribution in [0.25, 0.3) is 0 Å². The van der Waals surface area contributed by atoms with Crippen LogP contribution in [-0.4, -0.2) is 18.0 Å². The highest BCUT2D eigenvalue weighted by Gasteiger charge is 2.19. The second-order valence-corrected chi connectivity index (χ2v) is 5.99. The molecule has 0 saturated carbocycles. The van der Waals surface area contributed by atoms with Gasteiger partial charge in [-0.3, -0.25) is 4.79 Å². The van der Waals surface area contributed by atoms with E-state index >= 15 is 0 Å². The number of nitrogens with two attached hydrogens (primary N) is 1. The Balaban J connectivity index is 2.54. The molecule has 4 N–H and O–H groups in total. The van der Waals surface area contributed by atoms with E-state index in [1.165, 1.54) is 0 Å². The third-order valence-electron chi connectivity index (χ3n) is 2.81. The summed E-state index contributed by atoms with van der Waals surface area (Å²) >= 11 is 11.8. The van der Waals surface area contributed by atoms with Crippen LogP contribution in [0.5, 0.6) is 0 Å². The number of nitrogens with one attached hydrogen (secondary N) is 2. The highest BCUT2D eigenvalue weighted by atomic mass is 35.5. The maximum absolute atomic E-state index is 11.8. The predicted octanol–water partition coefficient (Wildman–Crippen LogP) is 2.69. The van der Waals surface area contributed by atoms with Crippen LogP contribution in [0.15, 0.2) is 18.2 Å². The number of hydrogen-bond donors (Lipinski definition) is 3. The number of halogens is 2. The molecule has 0 saturated heterocycles. The minimum absolute atomic E-state index is 0.231. The van der Waals surface area contributed by atoms with Gasteiger partial charge in [-0.15, -0.1) is 0 Å². The maximum Gasteiger partial charge on any atom is 0.315 e. The quantitative estimate of drug-likeness (QED) is 0.748. The first-order valence-electron chi connectivity index (χ1n) is 6.57. The van der Waals surface area contributed by atoms with Crippen molar-refractivity contribution >= 4 is 35.1 Å². The van der Waals surface area contributed by atoms with Gasteiger partial charge < -0.3 is 16.4 Å². The fourth-order valence-electron chi connectivity index (χ4n) is 1.77. The molecule has 1 atom stereocenters. The Kier molecular flexibility index (Phi) is 6.78. The van der Waals surface area contributed by atoms with Crippen LogP contribution in [0, 0.1) is 5.92 Å². The molecule has 3 amide bonds. The molecule has 0 aromatic heterocycles.